The van der Waals surface area contributed by atoms with Crippen LogP contribution in [-0.4, -0.2) is 92.0 Å². The molecule has 2 rings (SSSR count). The molecule has 0 unspecified atom stereocenters. The van der Waals surface area contributed by atoms with Crippen molar-refractivity contribution in [2.24, 2.45) is 5.41 Å². The maximum Gasteiger partial charge on any atom is 0.187 e. The van der Waals surface area contributed by atoms with E-state index in [2.05, 4.69) is 0 Å². The molecule has 6 N–H and O–H groups in total. The van der Waals surface area contributed by atoms with Crippen LogP contribution in [0.4, 0.5) is 0 Å². The Labute approximate surface area is 163 Å². The van der Waals surface area contributed by atoms with Gasteiger partial charge in [0.1, 0.15) is 30.0 Å². The van der Waals surface area contributed by atoms with Gasteiger partial charge in [-0.15, -0.1) is 0 Å². The van der Waals surface area contributed by atoms with Gasteiger partial charge in [0.15, 0.2) is 12.1 Å². The van der Waals surface area contributed by atoms with Gasteiger partial charge in [-0.3, -0.25) is 4.79 Å². The summed E-state index contributed by atoms with van der Waals surface area (Å²) in [5.74, 6) is -0.215. The molecule has 0 spiro atoms. The predicted octanol–water partition coefficient (Wildman–Crippen LogP) is -1.60. The first-order chi connectivity index (χ1) is 12.9. The van der Waals surface area contributed by atoms with Crippen molar-refractivity contribution in [2.75, 3.05) is 13.2 Å². The normalized spacial score (nSPS) is 39.8. The second-order valence-electron chi connectivity index (χ2n) is 8.07. The van der Waals surface area contributed by atoms with Crippen LogP contribution in [-0.2, 0) is 14.3 Å². The minimum Gasteiger partial charge on any atom is -0.394 e. The van der Waals surface area contributed by atoms with Crippen molar-refractivity contribution >= 4 is 5.78 Å². The Kier molecular flexibility index (Phi) is 7.17. The summed E-state index contributed by atoms with van der Waals surface area (Å²) in [6.07, 6.45) is -3.89. The molecule has 0 aromatic carbocycles. The van der Waals surface area contributed by atoms with E-state index < -0.39 is 54.4 Å². The van der Waals surface area contributed by atoms with Crippen molar-refractivity contribution in [1.29, 1.82) is 0 Å². The zero-order chi connectivity index (χ0) is 21.3. The first-order valence-corrected chi connectivity index (χ1v) is 9.18. The molecule has 9 nitrogen and oxygen atoms in total. The van der Waals surface area contributed by atoms with E-state index in [9.17, 15) is 35.4 Å². The van der Waals surface area contributed by atoms with Crippen molar-refractivity contribution in [3.05, 3.63) is 23.8 Å². The van der Waals surface area contributed by atoms with E-state index >= 15 is 0 Å². The molecule has 0 aromatic rings. The quantitative estimate of drug-likeness (QED) is 0.288. The van der Waals surface area contributed by atoms with Crippen molar-refractivity contribution in [3.8, 4) is 0 Å². The summed E-state index contributed by atoms with van der Waals surface area (Å²) in [4.78, 5) is 12.1. The van der Waals surface area contributed by atoms with Crippen LogP contribution in [0.25, 0.3) is 0 Å². The van der Waals surface area contributed by atoms with E-state index in [1.165, 1.54) is 25.2 Å². The summed E-state index contributed by atoms with van der Waals surface area (Å²) in [5, 5.41) is 59.8. The third-order valence-corrected chi connectivity index (χ3v) is 5.34. The van der Waals surface area contributed by atoms with Crippen LogP contribution in [0.3, 0.4) is 0 Å². The van der Waals surface area contributed by atoms with Crippen LogP contribution < -0.4 is 0 Å². The van der Waals surface area contributed by atoms with E-state index in [4.69, 9.17) is 9.47 Å². The summed E-state index contributed by atoms with van der Waals surface area (Å²) < 4.78 is 10.8. The molecule has 0 amide bonds. The molecule has 28 heavy (non-hydrogen) atoms. The molecule has 1 aliphatic carbocycles. The molecular weight excluding hydrogens is 372 g/mol. The molecule has 1 fully saturated rings. The number of hydrogen-bond donors (Lipinski definition) is 6. The maximum atomic E-state index is 12.1. The van der Waals surface area contributed by atoms with Gasteiger partial charge < -0.3 is 40.1 Å². The Hall–Kier alpha value is -1.17. The average Bonchev–Trinajstić information content (AvgIpc) is 2.61. The molecule has 0 bridgehead atoms. The fourth-order valence-corrected chi connectivity index (χ4v) is 3.50. The van der Waals surface area contributed by atoms with Gasteiger partial charge in [0, 0.05) is 11.8 Å². The lowest BCUT2D eigenvalue weighted by Gasteiger charge is -2.45. The van der Waals surface area contributed by atoms with Crippen LogP contribution in [0.2, 0.25) is 0 Å². The average molecular weight is 402 g/mol. The zero-order valence-electron chi connectivity index (χ0n) is 16.2. The number of hydrogen-bond acceptors (Lipinski definition) is 9. The van der Waals surface area contributed by atoms with Crippen LogP contribution in [0.15, 0.2) is 23.8 Å². The highest BCUT2D eigenvalue weighted by Crippen LogP contribution is 2.44. The van der Waals surface area contributed by atoms with Gasteiger partial charge in [0.05, 0.1) is 19.3 Å². The zero-order valence-corrected chi connectivity index (χ0v) is 16.2. The summed E-state index contributed by atoms with van der Waals surface area (Å²) in [7, 11) is 0. The van der Waals surface area contributed by atoms with Crippen LogP contribution in [0, 0.1) is 5.41 Å². The molecule has 1 aliphatic heterocycles. The van der Waals surface area contributed by atoms with Crippen LogP contribution >= 0.6 is 0 Å². The molecule has 0 radical (unpaired) electrons. The third kappa shape index (κ3) is 4.52. The van der Waals surface area contributed by atoms with Gasteiger partial charge in [0.25, 0.3) is 0 Å². The lowest BCUT2D eigenvalue weighted by Crippen LogP contribution is -2.59. The molecular formula is C19H30O9. The minimum atomic E-state index is -1.61. The molecule has 0 aromatic heterocycles. The van der Waals surface area contributed by atoms with Crippen molar-refractivity contribution in [3.63, 3.8) is 0 Å². The standard InChI is InChI=1S/C19H30O9/c1-10(21)4-5-19(26)11(6-12(22)7-18(19,2)3)9-27-17-16(25)15(24)14(23)13(8-20)28-17/h4-6,10,13-17,20-21,23-26H,7-9H2,1-3H3/b5-4+/t10-,13-,14-,15+,16-,17-,19-/m0/s1. The fourth-order valence-electron chi connectivity index (χ4n) is 3.50. The summed E-state index contributed by atoms with van der Waals surface area (Å²) in [5.41, 5.74) is -2.30. The summed E-state index contributed by atoms with van der Waals surface area (Å²) in [6.45, 7) is 4.02. The van der Waals surface area contributed by atoms with Gasteiger partial charge >= 0.3 is 0 Å². The first kappa shape index (κ1) is 23.1. The Bertz CT molecular complexity index is 625. The second kappa shape index (κ2) is 8.68. The van der Waals surface area contributed by atoms with E-state index in [1.807, 2.05) is 0 Å². The molecule has 9 heteroatoms. The Morgan fingerprint density at radius 1 is 1.29 bits per heavy atom. The number of aliphatic hydroxyl groups is 6. The van der Waals surface area contributed by atoms with Gasteiger partial charge in [0.2, 0.25) is 0 Å². The van der Waals surface area contributed by atoms with E-state index in [0.29, 0.717) is 0 Å². The Morgan fingerprint density at radius 2 is 1.93 bits per heavy atom. The molecule has 1 heterocycles. The molecule has 7 atom stereocenters. The highest BCUT2D eigenvalue weighted by Gasteiger charge is 2.49. The Morgan fingerprint density at radius 3 is 2.50 bits per heavy atom. The molecule has 160 valence electrons. The number of ether oxygens (including phenoxy) is 2. The minimum absolute atomic E-state index is 0.0806. The van der Waals surface area contributed by atoms with Gasteiger partial charge in [-0.05, 0) is 24.6 Å². The topological polar surface area (TPSA) is 157 Å². The van der Waals surface area contributed by atoms with Crippen LogP contribution in [0.5, 0.6) is 0 Å². The molecule has 0 saturated carbocycles. The fraction of sp³-hybridized carbons (Fsp3) is 0.737. The number of carbonyl (C=O) groups excluding carboxylic acids is 1. The van der Waals surface area contributed by atoms with Gasteiger partial charge in [-0.1, -0.05) is 19.9 Å². The van der Waals surface area contributed by atoms with E-state index in [1.54, 1.807) is 13.8 Å². The van der Waals surface area contributed by atoms with Gasteiger partial charge in [-0.2, -0.15) is 0 Å². The number of rotatable bonds is 6. The summed E-state index contributed by atoms with van der Waals surface area (Å²) >= 11 is 0. The molecule has 1 saturated heterocycles. The first-order valence-electron chi connectivity index (χ1n) is 9.18. The lowest BCUT2D eigenvalue weighted by molar-refractivity contribution is -0.299. The van der Waals surface area contributed by atoms with Crippen molar-refractivity contribution < 1.29 is 44.9 Å². The highest BCUT2D eigenvalue weighted by atomic mass is 16.7. The number of carbonyl (C=O) groups is 1. The predicted molar refractivity (Wildman–Crippen MR) is 97.0 cm³/mol. The Balaban J connectivity index is 2.23. The maximum absolute atomic E-state index is 12.1. The van der Waals surface area contributed by atoms with E-state index in [-0.39, 0.29) is 24.4 Å². The lowest BCUT2D eigenvalue weighted by atomic mass is 9.64. The van der Waals surface area contributed by atoms with E-state index in [0.717, 1.165) is 0 Å². The highest BCUT2D eigenvalue weighted by molar-refractivity contribution is 5.93. The van der Waals surface area contributed by atoms with Crippen LogP contribution in [0.1, 0.15) is 27.2 Å². The monoisotopic (exact) mass is 402 g/mol. The van der Waals surface area contributed by atoms with Crippen molar-refractivity contribution in [1.82, 2.24) is 0 Å². The summed E-state index contributed by atoms with van der Waals surface area (Å²) in [6, 6.07) is 0. The number of aliphatic hydroxyl groups excluding tert-OH is 5. The SMILES string of the molecule is C[C@H](O)/C=C/[C@]1(O)C(CO[C@H]2O[C@@H](CO)[C@H](O)[C@@H](O)[C@@H]2O)=CC(=O)CC1(C)C. The van der Waals surface area contributed by atoms with Gasteiger partial charge in [-0.25, -0.2) is 0 Å². The van der Waals surface area contributed by atoms with Crippen molar-refractivity contribution in [2.45, 2.75) is 69.6 Å². The largest absolute Gasteiger partial charge is 0.394 e. The smallest absolute Gasteiger partial charge is 0.187 e. The third-order valence-electron chi connectivity index (χ3n) is 5.34. The molecule has 2 aliphatic rings. The second-order valence-corrected chi connectivity index (χ2v) is 8.07. The number of allylic oxidation sites excluding steroid dienone is 1. The number of ketones is 1.